The van der Waals surface area contributed by atoms with Gasteiger partial charge in [-0.15, -0.1) is 0 Å². The summed E-state index contributed by atoms with van der Waals surface area (Å²) in [5.41, 5.74) is 15.3. The first-order valence-electron chi connectivity index (χ1n) is 20.1. The highest BCUT2D eigenvalue weighted by Gasteiger charge is 2.23. The zero-order valence-corrected chi connectivity index (χ0v) is 33.0. The highest BCUT2D eigenvalue weighted by atomic mass is 16.5. The Morgan fingerprint density at radius 3 is 1.18 bits per heavy atom. The largest absolute Gasteiger partial charge is 0.492 e. The van der Waals surface area contributed by atoms with Gasteiger partial charge in [-0.1, -0.05) is 133 Å². The predicted molar refractivity (Wildman–Crippen MR) is 249 cm³/mol. The Balaban J connectivity index is 1.34. The lowest BCUT2D eigenvalue weighted by molar-refractivity contribution is 0.362. The fourth-order valence-corrected chi connectivity index (χ4v) is 8.99. The Morgan fingerprint density at radius 1 is 0.350 bits per heavy atom. The molecule has 0 spiro atoms. The van der Waals surface area contributed by atoms with Gasteiger partial charge < -0.3 is 19.4 Å². The molecule has 6 heteroatoms. The van der Waals surface area contributed by atoms with Crippen LogP contribution in [0.5, 0.6) is 11.5 Å². The number of benzene rings is 6. The summed E-state index contributed by atoms with van der Waals surface area (Å²) in [7, 11) is 3.42. The summed E-state index contributed by atoms with van der Waals surface area (Å²) in [6.45, 7) is 0. The first-order valence-corrected chi connectivity index (χ1v) is 20.1. The van der Waals surface area contributed by atoms with Crippen LogP contribution in [0.2, 0.25) is 0 Å². The number of H-pyrrole nitrogens is 2. The molecule has 6 aromatic carbocycles. The molecule has 0 saturated carbocycles. The number of nitrogens with one attached hydrogen (secondary N) is 2. The summed E-state index contributed by atoms with van der Waals surface area (Å²) < 4.78 is 12.4. The van der Waals surface area contributed by atoms with Crippen LogP contribution >= 0.6 is 0 Å². The Kier molecular flexibility index (Phi) is 8.48. The van der Waals surface area contributed by atoms with Gasteiger partial charge in [0.2, 0.25) is 0 Å². The molecule has 9 aromatic rings. The number of rotatable bonds is 6. The fourth-order valence-electron chi connectivity index (χ4n) is 8.99. The van der Waals surface area contributed by atoms with Crippen molar-refractivity contribution >= 4 is 67.9 Å². The number of aromatic nitrogens is 4. The number of nitrogens with zero attached hydrogens (tertiary/aromatic N) is 2. The van der Waals surface area contributed by atoms with E-state index in [1.807, 2.05) is 24.3 Å². The highest BCUT2D eigenvalue weighted by Crippen LogP contribution is 2.48. The molecule has 0 unspecified atom stereocenters. The molecule has 0 fully saturated rings. The van der Waals surface area contributed by atoms with E-state index < -0.39 is 0 Å². The minimum atomic E-state index is 0.672. The molecule has 2 aliphatic heterocycles. The van der Waals surface area contributed by atoms with Crippen molar-refractivity contribution in [3.8, 4) is 56.0 Å². The first-order chi connectivity index (χ1) is 29.7. The van der Waals surface area contributed by atoms with E-state index in [0.29, 0.717) is 11.5 Å². The van der Waals surface area contributed by atoms with Gasteiger partial charge in [-0.25, -0.2) is 9.97 Å². The Labute approximate surface area is 346 Å². The van der Waals surface area contributed by atoms with Crippen LogP contribution in [0, 0.1) is 0 Å². The van der Waals surface area contributed by atoms with Crippen molar-refractivity contribution in [2.45, 2.75) is 0 Å². The van der Waals surface area contributed by atoms with E-state index in [1.165, 1.54) is 0 Å². The molecule has 0 saturated heterocycles. The van der Waals surface area contributed by atoms with Gasteiger partial charge in [-0.2, -0.15) is 0 Å². The third-order valence-corrected chi connectivity index (χ3v) is 11.6. The average Bonchev–Trinajstić information content (AvgIpc) is 4.15. The number of fused-ring (bicyclic) bond motifs is 11. The topological polar surface area (TPSA) is 75.8 Å². The van der Waals surface area contributed by atoms with Crippen molar-refractivity contribution in [2.75, 3.05) is 14.2 Å². The lowest BCUT2D eigenvalue weighted by atomic mass is 9.92. The second-order valence-corrected chi connectivity index (χ2v) is 14.9. The van der Waals surface area contributed by atoms with Crippen molar-refractivity contribution in [3.05, 3.63) is 181 Å². The Hall–Kier alpha value is -7.96. The Morgan fingerprint density at radius 2 is 0.733 bits per heavy atom. The number of hydrogen-bond donors (Lipinski definition) is 2. The maximum absolute atomic E-state index is 6.29. The van der Waals surface area contributed by atoms with Gasteiger partial charge in [0.05, 0.1) is 37.0 Å². The van der Waals surface area contributed by atoms with Crippen LogP contribution < -0.4 is 9.47 Å². The van der Waals surface area contributed by atoms with Crippen molar-refractivity contribution in [2.24, 2.45) is 0 Å². The molecule has 6 nitrogen and oxygen atoms in total. The van der Waals surface area contributed by atoms with Gasteiger partial charge in [0.25, 0.3) is 0 Å². The zero-order chi connectivity index (χ0) is 40.2. The van der Waals surface area contributed by atoms with E-state index in [0.717, 1.165) is 111 Å². The second kappa shape index (κ2) is 14.5. The van der Waals surface area contributed by atoms with Crippen LogP contribution in [-0.4, -0.2) is 34.2 Å². The molecule has 286 valence electrons. The van der Waals surface area contributed by atoms with E-state index in [-0.39, 0.29) is 0 Å². The molecule has 8 bridgehead atoms. The summed E-state index contributed by atoms with van der Waals surface area (Å²) in [6, 6.07) is 54.9. The maximum atomic E-state index is 6.29. The molecular formula is C54H38N4O2. The Bertz CT molecular complexity index is 3340. The summed E-state index contributed by atoms with van der Waals surface area (Å²) in [6.07, 6.45) is 8.53. The van der Waals surface area contributed by atoms with Crippen LogP contribution in [0.25, 0.3) is 112 Å². The molecule has 5 heterocycles. The maximum Gasteiger partial charge on any atom is 0.169 e. The van der Waals surface area contributed by atoms with Crippen molar-refractivity contribution in [3.63, 3.8) is 0 Å². The number of aromatic amines is 2. The monoisotopic (exact) mass is 774 g/mol. The van der Waals surface area contributed by atoms with E-state index in [2.05, 4.69) is 168 Å². The third kappa shape index (κ3) is 5.72. The summed E-state index contributed by atoms with van der Waals surface area (Å²) in [5, 5.41) is 4.07. The van der Waals surface area contributed by atoms with E-state index in [9.17, 15) is 0 Å². The van der Waals surface area contributed by atoms with Crippen LogP contribution in [0.15, 0.2) is 158 Å². The normalized spacial score (nSPS) is 12.0. The van der Waals surface area contributed by atoms with Crippen molar-refractivity contribution in [1.82, 2.24) is 19.9 Å². The van der Waals surface area contributed by atoms with Gasteiger partial charge in [-0.05, 0) is 81.6 Å². The van der Waals surface area contributed by atoms with Crippen LogP contribution in [0.3, 0.4) is 0 Å². The molecule has 0 radical (unpaired) electrons. The molecular weight excluding hydrogens is 737 g/mol. The highest BCUT2D eigenvalue weighted by molar-refractivity contribution is 6.19. The zero-order valence-electron chi connectivity index (χ0n) is 33.0. The molecule has 60 heavy (non-hydrogen) atoms. The van der Waals surface area contributed by atoms with E-state index in [4.69, 9.17) is 19.4 Å². The van der Waals surface area contributed by atoms with Crippen molar-refractivity contribution in [1.29, 1.82) is 0 Å². The van der Waals surface area contributed by atoms with Gasteiger partial charge in [0.15, 0.2) is 11.5 Å². The molecule has 2 N–H and O–H groups in total. The lowest BCUT2D eigenvalue weighted by Crippen LogP contribution is -1.96. The van der Waals surface area contributed by atoms with Gasteiger partial charge >= 0.3 is 0 Å². The quantitative estimate of drug-likeness (QED) is 0.165. The van der Waals surface area contributed by atoms with Gasteiger partial charge in [-0.3, -0.25) is 0 Å². The second-order valence-electron chi connectivity index (χ2n) is 14.9. The summed E-state index contributed by atoms with van der Waals surface area (Å²) in [4.78, 5) is 18.7. The van der Waals surface area contributed by atoms with E-state index in [1.54, 1.807) is 14.2 Å². The van der Waals surface area contributed by atoms with Gasteiger partial charge in [0.1, 0.15) is 0 Å². The first kappa shape index (κ1) is 35.2. The van der Waals surface area contributed by atoms with Crippen LogP contribution in [0.4, 0.5) is 0 Å². The molecule has 2 aliphatic rings. The smallest absolute Gasteiger partial charge is 0.169 e. The number of methoxy groups -OCH3 is 2. The standard InChI is InChI=1S/C54H38N4O2/c1-59-53-38-22-13-12-21-36(38)37-23-14-24-39(51(37)54(53)60-2)52-46-31-29-44(57-46)49(34-17-8-4-9-18-34)42-27-25-40(55-42)48(33-15-6-3-7-16-33)41-26-28-43(56-41)50(35-19-10-5-11-20-35)45-30-32-47(52)58-45/h3-32,55,58H,1-2H3. The fraction of sp³-hybridized carbons (Fsp3) is 0.0370. The molecule has 11 rings (SSSR count). The van der Waals surface area contributed by atoms with Crippen LogP contribution in [0.1, 0.15) is 22.8 Å². The predicted octanol–water partition coefficient (Wildman–Crippen LogP) is 13.6. The molecule has 3 aromatic heterocycles. The molecule has 0 atom stereocenters. The third-order valence-electron chi connectivity index (χ3n) is 11.6. The lowest BCUT2D eigenvalue weighted by Gasteiger charge is -2.18. The average molecular weight is 775 g/mol. The number of hydrogen-bond acceptors (Lipinski definition) is 4. The summed E-state index contributed by atoms with van der Waals surface area (Å²) in [5.74, 6) is 1.36. The molecule has 0 aliphatic carbocycles. The van der Waals surface area contributed by atoms with Gasteiger partial charge in [0, 0.05) is 55.1 Å². The number of ether oxygens (including phenoxy) is 2. The summed E-state index contributed by atoms with van der Waals surface area (Å²) >= 11 is 0. The van der Waals surface area contributed by atoms with Crippen molar-refractivity contribution < 1.29 is 9.47 Å². The van der Waals surface area contributed by atoms with Crippen LogP contribution in [-0.2, 0) is 0 Å². The van der Waals surface area contributed by atoms with E-state index >= 15 is 0 Å². The SMILES string of the molecule is COc1c(OC)c2c(-c3c4nc(c(-c5ccccc5)c5ccc([nH]5)c(-c5ccccc5)c5nc(c(-c6ccccc6)c6ccc3[nH]6)C=C5)C=C4)cccc2c2ccccc12. The molecule has 0 amide bonds. The minimum absolute atomic E-state index is 0.672. The minimum Gasteiger partial charge on any atom is -0.492 e.